The molecule has 0 saturated heterocycles. The Morgan fingerprint density at radius 1 is 1.53 bits per heavy atom. The van der Waals surface area contributed by atoms with Crippen LogP contribution in [0.1, 0.15) is 34.8 Å². The minimum absolute atomic E-state index is 0.311. The minimum atomic E-state index is -0.894. The van der Waals surface area contributed by atoms with Gasteiger partial charge in [0.2, 0.25) is 0 Å². The first kappa shape index (κ1) is 8.47. The van der Waals surface area contributed by atoms with Crippen LogP contribution in [0.15, 0.2) is 18.3 Å². The maximum Gasteiger partial charge on any atom is 0.352 e. The summed E-state index contributed by atoms with van der Waals surface area (Å²) in [6, 6.07) is 3.67. The van der Waals surface area contributed by atoms with E-state index in [-0.39, 0.29) is 0 Å². The number of aromatic amines is 1. The molecule has 1 saturated carbocycles. The molecule has 2 N–H and O–H groups in total. The van der Waals surface area contributed by atoms with Crippen molar-refractivity contribution < 1.29 is 9.90 Å². The molecule has 0 radical (unpaired) electrons. The van der Waals surface area contributed by atoms with Crippen LogP contribution >= 0.6 is 0 Å². The molecule has 2 aromatic heterocycles. The van der Waals surface area contributed by atoms with Gasteiger partial charge in [-0.05, 0) is 30.9 Å². The van der Waals surface area contributed by atoms with Gasteiger partial charge in [0.15, 0.2) is 0 Å². The molecule has 3 rings (SSSR count). The van der Waals surface area contributed by atoms with E-state index in [2.05, 4.69) is 9.97 Å². The summed E-state index contributed by atoms with van der Waals surface area (Å²) in [6.45, 7) is 0. The number of hydrogen-bond acceptors (Lipinski definition) is 2. The molecule has 2 aromatic rings. The van der Waals surface area contributed by atoms with Crippen molar-refractivity contribution >= 4 is 17.0 Å². The number of aromatic nitrogens is 2. The van der Waals surface area contributed by atoms with Gasteiger partial charge < -0.3 is 10.1 Å². The zero-order valence-corrected chi connectivity index (χ0v) is 8.03. The maximum absolute atomic E-state index is 11.1. The Morgan fingerprint density at radius 2 is 2.33 bits per heavy atom. The topological polar surface area (TPSA) is 66.0 Å². The van der Waals surface area contributed by atoms with Crippen LogP contribution in [-0.2, 0) is 0 Å². The van der Waals surface area contributed by atoms with E-state index < -0.39 is 5.97 Å². The number of carboxylic acid groups (broad SMARTS) is 1. The molecule has 0 unspecified atom stereocenters. The highest BCUT2D eigenvalue weighted by molar-refractivity contribution is 5.96. The van der Waals surface area contributed by atoms with Crippen molar-refractivity contribution in [2.24, 2.45) is 0 Å². The lowest BCUT2D eigenvalue weighted by atomic mass is 10.1. The lowest BCUT2D eigenvalue weighted by Crippen LogP contribution is -2.00. The molecule has 1 aliphatic carbocycles. The van der Waals surface area contributed by atoms with E-state index in [1.54, 1.807) is 12.3 Å². The monoisotopic (exact) mass is 202 g/mol. The second kappa shape index (κ2) is 2.82. The summed E-state index contributed by atoms with van der Waals surface area (Å²) < 4.78 is 0. The fourth-order valence-electron chi connectivity index (χ4n) is 1.98. The van der Waals surface area contributed by atoms with Crippen molar-refractivity contribution in [2.75, 3.05) is 0 Å². The molecule has 0 spiro atoms. The second-order valence-corrected chi connectivity index (χ2v) is 3.89. The molecular weight excluding hydrogens is 192 g/mol. The normalized spacial score (nSPS) is 15.7. The Balaban J connectivity index is 2.33. The van der Waals surface area contributed by atoms with Crippen molar-refractivity contribution in [3.8, 4) is 0 Å². The maximum atomic E-state index is 11.1. The molecule has 0 atom stereocenters. The van der Waals surface area contributed by atoms with Crippen LogP contribution in [0, 0.1) is 0 Å². The van der Waals surface area contributed by atoms with Gasteiger partial charge in [0, 0.05) is 11.8 Å². The number of fused-ring (bicyclic) bond motifs is 1. The smallest absolute Gasteiger partial charge is 0.352 e. The quantitative estimate of drug-likeness (QED) is 0.784. The van der Waals surface area contributed by atoms with E-state index in [4.69, 9.17) is 5.11 Å². The van der Waals surface area contributed by atoms with Crippen molar-refractivity contribution in [2.45, 2.75) is 18.8 Å². The molecule has 4 nitrogen and oxygen atoms in total. The fraction of sp³-hybridized carbons (Fsp3) is 0.273. The Morgan fingerprint density at radius 3 is 3.00 bits per heavy atom. The van der Waals surface area contributed by atoms with Crippen molar-refractivity contribution in [3.05, 3.63) is 29.6 Å². The van der Waals surface area contributed by atoms with E-state index in [1.807, 2.05) is 6.07 Å². The zero-order chi connectivity index (χ0) is 10.4. The highest BCUT2D eigenvalue weighted by atomic mass is 16.4. The van der Waals surface area contributed by atoms with Gasteiger partial charge in [-0.25, -0.2) is 4.79 Å². The number of aromatic carboxylic acids is 1. The second-order valence-electron chi connectivity index (χ2n) is 3.89. The molecular formula is C11H10N2O2. The summed E-state index contributed by atoms with van der Waals surface area (Å²) in [4.78, 5) is 18.2. The molecule has 0 bridgehead atoms. The van der Waals surface area contributed by atoms with Crippen molar-refractivity contribution in [1.82, 2.24) is 9.97 Å². The number of nitrogens with one attached hydrogen (secondary N) is 1. The van der Waals surface area contributed by atoms with E-state index in [1.165, 1.54) is 0 Å². The molecule has 2 heterocycles. The minimum Gasteiger partial charge on any atom is -0.477 e. The SMILES string of the molecule is O=C(O)c1[nH]c2cccnc2c1C1CC1. The lowest BCUT2D eigenvalue weighted by Gasteiger charge is -1.96. The molecule has 0 amide bonds. The highest BCUT2D eigenvalue weighted by Crippen LogP contribution is 2.44. The molecule has 15 heavy (non-hydrogen) atoms. The first-order chi connectivity index (χ1) is 7.27. The van der Waals surface area contributed by atoms with Crippen LogP contribution in [0.4, 0.5) is 0 Å². The van der Waals surface area contributed by atoms with Gasteiger partial charge in [0.25, 0.3) is 0 Å². The lowest BCUT2D eigenvalue weighted by molar-refractivity contribution is 0.0690. The number of H-pyrrole nitrogens is 1. The summed E-state index contributed by atoms with van der Waals surface area (Å²) in [6.07, 6.45) is 3.85. The van der Waals surface area contributed by atoms with E-state index in [0.717, 1.165) is 29.4 Å². The van der Waals surface area contributed by atoms with Gasteiger partial charge in [-0.15, -0.1) is 0 Å². The molecule has 76 valence electrons. The number of carbonyl (C=O) groups is 1. The average Bonchev–Trinajstić information content (AvgIpc) is 2.98. The third-order valence-electron chi connectivity index (χ3n) is 2.79. The fourth-order valence-corrected chi connectivity index (χ4v) is 1.98. The van der Waals surface area contributed by atoms with Gasteiger partial charge in [0.05, 0.1) is 11.0 Å². The molecule has 1 fully saturated rings. The Bertz CT molecular complexity index is 541. The van der Waals surface area contributed by atoms with Crippen LogP contribution < -0.4 is 0 Å². The van der Waals surface area contributed by atoms with E-state index in [9.17, 15) is 4.79 Å². The Kier molecular flexibility index (Phi) is 1.59. The Hall–Kier alpha value is -1.84. The summed E-state index contributed by atoms with van der Waals surface area (Å²) >= 11 is 0. The van der Waals surface area contributed by atoms with Crippen LogP contribution in [0.25, 0.3) is 11.0 Å². The number of carboxylic acids is 1. The summed E-state index contributed by atoms with van der Waals surface area (Å²) in [7, 11) is 0. The first-order valence-corrected chi connectivity index (χ1v) is 4.97. The summed E-state index contributed by atoms with van der Waals surface area (Å²) in [5.74, 6) is -0.505. The number of nitrogens with zero attached hydrogens (tertiary/aromatic N) is 1. The van der Waals surface area contributed by atoms with Crippen LogP contribution in [-0.4, -0.2) is 21.0 Å². The molecule has 0 aliphatic heterocycles. The first-order valence-electron chi connectivity index (χ1n) is 4.97. The third-order valence-corrected chi connectivity index (χ3v) is 2.79. The van der Waals surface area contributed by atoms with E-state index in [0.29, 0.717) is 11.6 Å². The molecule has 4 heteroatoms. The van der Waals surface area contributed by atoms with Gasteiger partial charge in [-0.2, -0.15) is 0 Å². The van der Waals surface area contributed by atoms with Crippen LogP contribution in [0.5, 0.6) is 0 Å². The zero-order valence-electron chi connectivity index (χ0n) is 8.03. The standard InChI is InChI=1S/C11H10N2O2/c14-11(15)10-8(6-3-4-6)9-7(13-10)2-1-5-12-9/h1-2,5-6,13H,3-4H2,(H,14,15). The summed E-state index contributed by atoms with van der Waals surface area (Å²) in [5, 5.41) is 9.08. The van der Waals surface area contributed by atoms with Crippen LogP contribution in [0.3, 0.4) is 0 Å². The van der Waals surface area contributed by atoms with Gasteiger partial charge in [0.1, 0.15) is 5.69 Å². The largest absolute Gasteiger partial charge is 0.477 e. The predicted octanol–water partition coefficient (Wildman–Crippen LogP) is 2.14. The van der Waals surface area contributed by atoms with E-state index >= 15 is 0 Å². The predicted molar refractivity (Wildman–Crippen MR) is 55.0 cm³/mol. The third kappa shape index (κ3) is 1.21. The van der Waals surface area contributed by atoms with Gasteiger partial charge in [-0.3, -0.25) is 4.98 Å². The van der Waals surface area contributed by atoms with Gasteiger partial charge >= 0.3 is 5.97 Å². The summed E-state index contributed by atoms with van der Waals surface area (Å²) in [5.41, 5.74) is 2.83. The molecule has 1 aliphatic rings. The van der Waals surface area contributed by atoms with Crippen molar-refractivity contribution in [3.63, 3.8) is 0 Å². The molecule has 0 aromatic carbocycles. The highest BCUT2D eigenvalue weighted by Gasteiger charge is 2.32. The Labute approximate surface area is 86.0 Å². The van der Waals surface area contributed by atoms with Gasteiger partial charge in [-0.1, -0.05) is 0 Å². The number of pyridine rings is 1. The van der Waals surface area contributed by atoms with Crippen molar-refractivity contribution in [1.29, 1.82) is 0 Å². The number of rotatable bonds is 2. The number of hydrogen-bond donors (Lipinski definition) is 2. The van der Waals surface area contributed by atoms with Crippen LogP contribution in [0.2, 0.25) is 0 Å². The average molecular weight is 202 g/mol.